The van der Waals surface area contributed by atoms with Gasteiger partial charge in [-0.3, -0.25) is 4.79 Å². The molecule has 5 heteroatoms. The molecule has 1 aromatic carbocycles. The summed E-state index contributed by atoms with van der Waals surface area (Å²) in [4.78, 5) is 12.3. The fourth-order valence-electron chi connectivity index (χ4n) is 3.67. The van der Waals surface area contributed by atoms with Crippen LogP contribution in [0, 0.1) is 11.8 Å². The van der Waals surface area contributed by atoms with Crippen LogP contribution in [0.2, 0.25) is 0 Å². The molecule has 1 saturated carbocycles. The van der Waals surface area contributed by atoms with E-state index in [1.165, 1.54) is 31.4 Å². The topological polar surface area (TPSA) is 38.3 Å². The van der Waals surface area contributed by atoms with E-state index in [0.29, 0.717) is 17.9 Å². The molecule has 114 valence electrons. The fourth-order valence-corrected chi connectivity index (χ4v) is 3.67. The van der Waals surface area contributed by atoms with Gasteiger partial charge in [0.15, 0.2) is 5.78 Å². The number of Topliss-reactive ketones (excluding diaryl/α,β-unsaturated/α-hetero) is 1. The number of carbonyl (C=O) groups excluding carboxylic acids is 1. The van der Waals surface area contributed by atoms with Crippen molar-refractivity contribution in [1.82, 2.24) is 5.32 Å². The van der Waals surface area contributed by atoms with Crippen LogP contribution in [0.3, 0.4) is 0 Å². The summed E-state index contributed by atoms with van der Waals surface area (Å²) in [5.74, 6) is 1.49. The SMILES string of the molecule is O=C(CC1NCC2CCCC21)c1ccc(OC(F)F)cc1. The van der Waals surface area contributed by atoms with E-state index in [1.807, 2.05) is 0 Å². The van der Waals surface area contributed by atoms with Gasteiger partial charge in [0.2, 0.25) is 0 Å². The van der Waals surface area contributed by atoms with E-state index in [4.69, 9.17) is 0 Å². The number of carbonyl (C=O) groups is 1. The number of fused-ring (bicyclic) bond motifs is 1. The molecule has 1 aromatic rings. The molecule has 0 amide bonds. The Morgan fingerprint density at radius 2 is 2.05 bits per heavy atom. The summed E-state index contributed by atoms with van der Waals surface area (Å²) in [6.07, 6.45) is 4.22. The van der Waals surface area contributed by atoms with Gasteiger partial charge in [-0.15, -0.1) is 0 Å². The average molecular weight is 295 g/mol. The molecule has 2 fully saturated rings. The second-order valence-corrected chi connectivity index (χ2v) is 5.90. The van der Waals surface area contributed by atoms with Gasteiger partial charge in [-0.1, -0.05) is 6.42 Å². The molecular weight excluding hydrogens is 276 g/mol. The molecule has 2 aliphatic rings. The molecule has 0 radical (unpaired) electrons. The Bertz CT molecular complexity index is 504. The van der Waals surface area contributed by atoms with E-state index in [2.05, 4.69) is 10.1 Å². The minimum atomic E-state index is -2.84. The zero-order valence-corrected chi connectivity index (χ0v) is 11.7. The number of nitrogens with one attached hydrogen (secondary N) is 1. The third-order valence-corrected chi connectivity index (χ3v) is 4.68. The number of ether oxygens (including phenoxy) is 1. The number of hydrogen-bond acceptors (Lipinski definition) is 3. The van der Waals surface area contributed by atoms with Gasteiger partial charge in [0, 0.05) is 18.0 Å². The first-order chi connectivity index (χ1) is 10.1. The van der Waals surface area contributed by atoms with Gasteiger partial charge < -0.3 is 10.1 Å². The number of alkyl halides is 2. The summed E-state index contributed by atoms with van der Waals surface area (Å²) in [6, 6.07) is 6.21. The maximum Gasteiger partial charge on any atom is 0.387 e. The lowest BCUT2D eigenvalue weighted by Gasteiger charge is -2.17. The van der Waals surface area contributed by atoms with Crippen LogP contribution in [0.4, 0.5) is 8.78 Å². The summed E-state index contributed by atoms with van der Waals surface area (Å²) in [5.41, 5.74) is 0.555. The number of halogens is 2. The van der Waals surface area contributed by atoms with Crippen molar-refractivity contribution >= 4 is 5.78 Å². The zero-order valence-electron chi connectivity index (χ0n) is 11.7. The predicted octanol–water partition coefficient (Wildman–Crippen LogP) is 3.25. The molecule has 1 saturated heterocycles. The van der Waals surface area contributed by atoms with Crippen molar-refractivity contribution in [1.29, 1.82) is 0 Å². The standard InChI is InChI=1S/C16H19F2NO2/c17-16(18)21-12-6-4-10(5-7-12)15(20)8-14-13-3-1-2-11(13)9-19-14/h4-7,11,13-14,16,19H,1-3,8-9H2. The van der Waals surface area contributed by atoms with Crippen LogP contribution in [0.15, 0.2) is 24.3 Å². The van der Waals surface area contributed by atoms with Crippen LogP contribution in [-0.2, 0) is 0 Å². The highest BCUT2D eigenvalue weighted by Crippen LogP contribution is 2.39. The van der Waals surface area contributed by atoms with E-state index in [9.17, 15) is 13.6 Å². The zero-order chi connectivity index (χ0) is 14.8. The van der Waals surface area contributed by atoms with Gasteiger partial charge >= 0.3 is 6.61 Å². The molecule has 0 aromatic heterocycles. The molecule has 1 N–H and O–H groups in total. The van der Waals surface area contributed by atoms with Crippen LogP contribution in [-0.4, -0.2) is 25.0 Å². The largest absolute Gasteiger partial charge is 0.435 e. The van der Waals surface area contributed by atoms with Crippen molar-refractivity contribution in [3.05, 3.63) is 29.8 Å². The third kappa shape index (κ3) is 3.23. The minimum Gasteiger partial charge on any atom is -0.435 e. The molecule has 0 spiro atoms. The Morgan fingerprint density at radius 3 is 2.76 bits per heavy atom. The molecule has 1 aliphatic carbocycles. The highest BCUT2D eigenvalue weighted by Gasteiger charge is 2.39. The van der Waals surface area contributed by atoms with Gasteiger partial charge in [0.05, 0.1) is 0 Å². The number of benzene rings is 1. The molecule has 3 unspecified atom stereocenters. The molecular formula is C16H19F2NO2. The summed E-state index contributed by atoms with van der Waals surface area (Å²) >= 11 is 0. The lowest BCUT2D eigenvalue weighted by atomic mass is 9.90. The Balaban J connectivity index is 1.60. The van der Waals surface area contributed by atoms with Crippen molar-refractivity contribution in [3.63, 3.8) is 0 Å². The molecule has 21 heavy (non-hydrogen) atoms. The van der Waals surface area contributed by atoms with Crippen molar-refractivity contribution < 1.29 is 18.3 Å². The maximum atomic E-state index is 12.3. The molecule has 1 aliphatic heterocycles. The van der Waals surface area contributed by atoms with Crippen molar-refractivity contribution in [2.24, 2.45) is 11.8 Å². The molecule has 1 heterocycles. The van der Waals surface area contributed by atoms with Crippen LogP contribution in [0.1, 0.15) is 36.0 Å². The van der Waals surface area contributed by atoms with Gasteiger partial charge in [-0.25, -0.2) is 0 Å². The highest BCUT2D eigenvalue weighted by molar-refractivity contribution is 5.96. The average Bonchev–Trinajstić information content (AvgIpc) is 3.04. The Morgan fingerprint density at radius 1 is 1.29 bits per heavy atom. The summed E-state index contributed by atoms with van der Waals surface area (Å²) in [7, 11) is 0. The summed E-state index contributed by atoms with van der Waals surface area (Å²) in [5, 5.41) is 3.45. The van der Waals surface area contributed by atoms with Gasteiger partial charge in [-0.05, 0) is 55.5 Å². The predicted molar refractivity (Wildman–Crippen MR) is 74.6 cm³/mol. The molecule has 3 atom stereocenters. The summed E-state index contributed by atoms with van der Waals surface area (Å²) < 4.78 is 28.4. The number of rotatable bonds is 5. The first-order valence-corrected chi connectivity index (χ1v) is 7.45. The van der Waals surface area contributed by atoms with Crippen LogP contribution >= 0.6 is 0 Å². The van der Waals surface area contributed by atoms with E-state index in [-0.39, 0.29) is 17.6 Å². The smallest absolute Gasteiger partial charge is 0.387 e. The lowest BCUT2D eigenvalue weighted by Crippen LogP contribution is -2.29. The second kappa shape index (κ2) is 6.10. The molecule has 3 nitrogen and oxygen atoms in total. The second-order valence-electron chi connectivity index (χ2n) is 5.90. The monoisotopic (exact) mass is 295 g/mol. The number of ketones is 1. The Hall–Kier alpha value is -1.49. The van der Waals surface area contributed by atoms with Gasteiger partial charge in [-0.2, -0.15) is 8.78 Å². The third-order valence-electron chi connectivity index (χ3n) is 4.68. The van der Waals surface area contributed by atoms with Crippen LogP contribution in [0.25, 0.3) is 0 Å². The molecule has 3 rings (SSSR count). The molecule has 0 bridgehead atoms. The Labute approximate surface area is 122 Å². The first kappa shape index (κ1) is 14.4. The van der Waals surface area contributed by atoms with E-state index in [0.717, 1.165) is 12.5 Å². The summed E-state index contributed by atoms with van der Waals surface area (Å²) in [6.45, 7) is -1.82. The van der Waals surface area contributed by atoms with Crippen molar-refractivity contribution in [3.8, 4) is 5.75 Å². The van der Waals surface area contributed by atoms with Crippen molar-refractivity contribution in [2.45, 2.75) is 38.3 Å². The fraction of sp³-hybridized carbons (Fsp3) is 0.562. The first-order valence-electron chi connectivity index (χ1n) is 7.45. The Kier molecular flexibility index (Phi) is 4.19. The number of hydrogen-bond donors (Lipinski definition) is 1. The van der Waals surface area contributed by atoms with Gasteiger partial charge in [0.1, 0.15) is 5.75 Å². The van der Waals surface area contributed by atoms with Gasteiger partial charge in [0.25, 0.3) is 0 Å². The normalized spacial score (nSPS) is 27.9. The van der Waals surface area contributed by atoms with E-state index >= 15 is 0 Å². The van der Waals surface area contributed by atoms with Crippen molar-refractivity contribution in [2.75, 3.05) is 6.54 Å². The highest BCUT2D eigenvalue weighted by atomic mass is 19.3. The minimum absolute atomic E-state index is 0.0589. The lowest BCUT2D eigenvalue weighted by molar-refractivity contribution is -0.0498. The van der Waals surface area contributed by atoms with E-state index < -0.39 is 6.61 Å². The maximum absolute atomic E-state index is 12.3. The van der Waals surface area contributed by atoms with Crippen LogP contribution < -0.4 is 10.1 Å². The quantitative estimate of drug-likeness (QED) is 0.847. The van der Waals surface area contributed by atoms with Crippen LogP contribution in [0.5, 0.6) is 5.75 Å². The van der Waals surface area contributed by atoms with E-state index in [1.54, 1.807) is 12.1 Å².